The first-order chi connectivity index (χ1) is 14.0. The number of carbonyl (C=O) groups excluding carboxylic acids is 1. The van der Waals surface area contributed by atoms with Gasteiger partial charge in [0.1, 0.15) is 0 Å². The van der Waals surface area contributed by atoms with Crippen LogP contribution in [0.3, 0.4) is 0 Å². The molecule has 0 aliphatic carbocycles. The van der Waals surface area contributed by atoms with E-state index < -0.39 is 10.0 Å². The number of amides is 1. The molecule has 0 fully saturated rings. The number of sulfonamides is 1. The molecule has 3 aromatic rings. The Morgan fingerprint density at radius 1 is 1.07 bits per heavy atom. The van der Waals surface area contributed by atoms with Crippen molar-refractivity contribution in [3.8, 4) is 11.4 Å². The first kappa shape index (κ1) is 20.7. The van der Waals surface area contributed by atoms with Crippen molar-refractivity contribution in [2.75, 3.05) is 13.6 Å². The maximum Gasteiger partial charge on any atom is 0.246 e. The van der Waals surface area contributed by atoms with Gasteiger partial charge in [-0.15, -0.1) is 0 Å². The predicted molar refractivity (Wildman–Crippen MR) is 107 cm³/mol. The zero-order valence-corrected chi connectivity index (χ0v) is 16.8. The second kappa shape index (κ2) is 9.44. The zero-order valence-electron chi connectivity index (χ0n) is 16.0. The zero-order chi connectivity index (χ0) is 20.7. The summed E-state index contributed by atoms with van der Waals surface area (Å²) >= 11 is 0. The lowest BCUT2D eigenvalue weighted by Crippen LogP contribution is -2.29. The summed E-state index contributed by atoms with van der Waals surface area (Å²) in [6.45, 7) is 0.361. The lowest BCUT2D eigenvalue weighted by atomic mass is 10.2. The van der Waals surface area contributed by atoms with Crippen LogP contribution in [0.25, 0.3) is 11.4 Å². The van der Waals surface area contributed by atoms with E-state index in [1.165, 1.54) is 11.4 Å². The number of nitrogens with zero attached hydrogens (tertiary/aromatic N) is 3. The third-order valence-electron chi connectivity index (χ3n) is 4.27. The van der Waals surface area contributed by atoms with Gasteiger partial charge in [0.05, 0.1) is 11.4 Å². The molecule has 0 aliphatic heterocycles. The summed E-state index contributed by atoms with van der Waals surface area (Å²) in [5, 5.41) is 6.60. The van der Waals surface area contributed by atoms with Crippen LogP contribution in [0.15, 0.2) is 70.1 Å². The maximum absolute atomic E-state index is 12.4. The van der Waals surface area contributed by atoms with Crippen molar-refractivity contribution < 1.29 is 17.7 Å². The molecule has 0 aliphatic rings. The molecule has 0 spiro atoms. The van der Waals surface area contributed by atoms with Gasteiger partial charge < -0.3 is 9.84 Å². The molecule has 29 heavy (non-hydrogen) atoms. The average molecular weight is 414 g/mol. The summed E-state index contributed by atoms with van der Waals surface area (Å²) in [5.41, 5.74) is 0.830. The molecule has 8 nitrogen and oxygen atoms in total. The lowest BCUT2D eigenvalue weighted by molar-refractivity contribution is -0.121. The Kier molecular flexibility index (Phi) is 6.73. The Hall–Kier alpha value is -3.04. The van der Waals surface area contributed by atoms with E-state index in [9.17, 15) is 13.2 Å². The largest absolute Gasteiger partial charge is 0.347 e. The standard InChI is InChI=1S/C20H22N4O4S/c1-24(29(26,27)17-11-6-3-7-12-17)14-8-13-18(25)21-15-19-22-20(23-28-19)16-9-4-2-5-10-16/h2-7,9-12H,8,13-15H2,1H3,(H,21,25). The van der Waals surface area contributed by atoms with Crippen molar-refractivity contribution in [2.45, 2.75) is 24.3 Å². The quantitative estimate of drug-likeness (QED) is 0.577. The molecule has 1 N–H and O–H groups in total. The molecule has 9 heteroatoms. The monoisotopic (exact) mass is 414 g/mol. The molecule has 0 unspecified atom stereocenters. The topological polar surface area (TPSA) is 105 Å². The van der Waals surface area contributed by atoms with E-state index in [2.05, 4.69) is 15.5 Å². The van der Waals surface area contributed by atoms with Gasteiger partial charge in [0.25, 0.3) is 0 Å². The normalized spacial score (nSPS) is 11.5. The van der Waals surface area contributed by atoms with Gasteiger partial charge >= 0.3 is 0 Å². The highest BCUT2D eigenvalue weighted by Crippen LogP contribution is 2.15. The summed E-state index contributed by atoms with van der Waals surface area (Å²) in [6, 6.07) is 17.6. The molecular weight excluding hydrogens is 392 g/mol. The van der Waals surface area contributed by atoms with E-state index in [1.54, 1.807) is 30.3 Å². The van der Waals surface area contributed by atoms with E-state index in [0.717, 1.165) is 5.56 Å². The fraction of sp³-hybridized carbons (Fsp3) is 0.250. The smallest absolute Gasteiger partial charge is 0.246 e. The van der Waals surface area contributed by atoms with Gasteiger partial charge in [-0.3, -0.25) is 4.79 Å². The third kappa shape index (κ3) is 5.49. The van der Waals surface area contributed by atoms with Gasteiger partial charge in [-0.1, -0.05) is 53.7 Å². The molecule has 1 heterocycles. The number of aromatic nitrogens is 2. The van der Waals surface area contributed by atoms with Crippen LogP contribution in [0.4, 0.5) is 0 Å². The Morgan fingerprint density at radius 2 is 1.72 bits per heavy atom. The minimum atomic E-state index is -3.55. The molecule has 152 valence electrons. The highest BCUT2D eigenvalue weighted by molar-refractivity contribution is 7.89. The molecule has 1 amide bonds. The van der Waals surface area contributed by atoms with E-state index in [1.807, 2.05) is 30.3 Å². The second-order valence-corrected chi connectivity index (χ2v) is 8.44. The minimum absolute atomic E-state index is 0.122. The maximum atomic E-state index is 12.4. The van der Waals surface area contributed by atoms with Crippen molar-refractivity contribution >= 4 is 15.9 Å². The Bertz CT molecular complexity index is 1040. The average Bonchev–Trinajstić information content (AvgIpc) is 3.22. The van der Waals surface area contributed by atoms with E-state index in [-0.39, 0.29) is 30.3 Å². The summed E-state index contributed by atoms with van der Waals surface area (Å²) in [5.74, 6) is 0.554. The van der Waals surface area contributed by atoms with Crippen LogP contribution in [-0.2, 0) is 21.4 Å². The highest BCUT2D eigenvalue weighted by Gasteiger charge is 2.20. The van der Waals surface area contributed by atoms with Gasteiger partial charge in [0.15, 0.2) is 0 Å². The molecule has 0 radical (unpaired) electrons. The summed E-state index contributed by atoms with van der Waals surface area (Å²) < 4.78 is 31.3. The van der Waals surface area contributed by atoms with E-state index >= 15 is 0 Å². The number of carbonyl (C=O) groups is 1. The predicted octanol–water partition coefficient (Wildman–Crippen LogP) is 2.45. The first-order valence-electron chi connectivity index (χ1n) is 9.13. The molecule has 2 aromatic carbocycles. The molecule has 3 rings (SSSR count). The van der Waals surface area contributed by atoms with Crippen molar-refractivity contribution in [1.82, 2.24) is 19.8 Å². The van der Waals surface area contributed by atoms with Gasteiger partial charge in [-0.2, -0.15) is 4.98 Å². The van der Waals surface area contributed by atoms with Crippen molar-refractivity contribution in [3.63, 3.8) is 0 Å². The molecular formula is C20H22N4O4S. The Labute approximate surface area is 169 Å². The summed E-state index contributed by atoms with van der Waals surface area (Å²) in [4.78, 5) is 16.5. The van der Waals surface area contributed by atoms with Crippen LogP contribution < -0.4 is 5.32 Å². The fourth-order valence-corrected chi connectivity index (χ4v) is 3.88. The molecule has 0 saturated heterocycles. The lowest BCUT2D eigenvalue weighted by Gasteiger charge is -2.16. The molecule has 1 aromatic heterocycles. The first-order valence-corrected chi connectivity index (χ1v) is 10.6. The van der Waals surface area contributed by atoms with Crippen LogP contribution in [0.2, 0.25) is 0 Å². The number of benzene rings is 2. The second-order valence-electron chi connectivity index (χ2n) is 6.40. The van der Waals surface area contributed by atoms with Crippen molar-refractivity contribution in [3.05, 3.63) is 66.6 Å². The van der Waals surface area contributed by atoms with Gasteiger partial charge in [-0.25, -0.2) is 12.7 Å². The summed E-state index contributed by atoms with van der Waals surface area (Å²) in [6.07, 6.45) is 0.585. The van der Waals surface area contributed by atoms with Gasteiger partial charge in [0.2, 0.25) is 27.6 Å². The SMILES string of the molecule is CN(CCCC(=O)NCc1nc(-c2ccccc2)no1)S(=O)(=O)c1ccccc1. The number of nitrogens with one attached hydrogen (secondary N) is 1. The molecule has 0 saturated carbocycles. The number of hydrogen-bond acceptors (Lipinski definition) is 6. The van der Waals surface area contributed by atoms with Gasteiger partial charge in [-0.05, 0) is 18.6 Å². The van der Waals surface area contributed by atoms with Crippen LogP contribution in [0, 0.1) is 0 Å². The van der Waals surface area contributed by atoms with E-state index in [0.29, 0.717) is 18.1 Å². The molecule has 0 atom stereocenters. The van der Waals surface area contributed by atoms with Crippen molar-refractivity contribution in [1.29, 1.82) is 0 Å². The van der Waals surface area contributed by atoms with Gasteiger partial charge in [0, 0.05) is 25.6 Å². The Balaban J connectivity index is 1.43. The number of rotatable bonds is 9. The van der Waals surface area contributed by atoms with Crippen LogP contribution >= 0.6 is 0 Å². The van der Waals surface area contributed by atoms with E-state index in [4.69, 9.17) is 4.52 Å². The Morgan fingerprint density at radius 3 is 2.41 bits per heavy atom. The molecule has 0 bridgehead atoms. The van der Waals surface area contributed by atoms with Crippen LogP contribution in [0.1, 0.15) is 18.7 Å². The minimum Gasteiger partial charge on any atom is -0.347 e. The summed E-state index contributed by atoms with van der Waals surface area (Å²) in [7, 11) is -2.04. The van der Waals surface area contributed by atoms with Crippen LogP contribution in [-0.4, -0.2) is 42.4 Å². The fourth-order valence-electron chi connectivity index (χ4n) is 2.65. The highest BCUT2D eigenvalue weighted by atomic mass is 32.2. The van der Waals surface area contributed by atoms with Crippen molar-refractivity contribution in [2.24, 2.45) is 0 Å². The third-order valence-corrected chi connectivity index (χ3v) is 6.14. The van der Waals surface area contributed by atoms with Crippen LogP contribution in [0.5, 0.6) is 0 Å². The number of hydrogen-bond donors (Lipinski definition) is 1.